The second-order valence-electron chi connectivity index (χ2n) is 9.31. The average Bonchev–Trinajstić information content (AvgIpc) is 2.79. The SMILES string of the molecule is CC(=O)S[C@@H]1C[C@H]2[C@@H]3CC=C4C[C@@H](O)CC[C@]4(C)[C@H]3CC[C@]2(C)C1=O. The zero-order valence-corrected chi connectivity index (χ0v) is 16.4. The maximum atomic E-state index is 13.1. The number of carbonyl (C=O) groups is 2. The number of Topliss-reactive ketones (excluding diaryl/α,β-unsaturated/α-hetero) is 1. The van der Waals surface area contributed by atoms with Crippen LogP contribution in [-0.4, -0.2) is 27.4 Å². The Labute approximate surface area is 155 Å². The van der Waals surface area contributed by atoms with E-state index in [0.717, 1.165) is 44.9 Å². The predicted octanol–water partition coefficient (Wildman–Crippen LogP) is 4.14. The molecular weight excluding hydrogens is 332 g/mol. The quantitative estimate of drug-likeness (QED) is 0.712. The summed E-state index contributed by atoms with van der Waals surface area (Å²) in [7, 11) is 0. The molecule has 1 N–H and O–H groups in total. The van der Waals surface area contributed by atoms with Gasteiger partial charge in [0.15, 0.2) is 10.9 Å². The van der Waals surface area contributed by atoms with Crippen LogP contribution in [-0.2, 0) is 9.59 Å². The van der Waals surface area contributed by atoms with Crippen molar-refractivity contribution in [2.24, 2.45) is 28.6 Å². The van der Waals surface area contributed by atoms with E-state index in [1.807, 2.05) is 0 Å². The van der Waals surface area contributed by atoms with Gasteiger partial charge in [-0.2, -0.15) is 0 Å². The lowest BCUT2D eigenvalue weighted by molar-refractivity contribution is -0.131. The first kappa shape index (κ1) is 17.8. The molecule has 3 nitrogen and oxygen atoms in total. The van der Waals surface area contributed by atoms with E-state index in [2.05, 4.69) is 19.9 Å². The van der Waals surface area contributed by atoms with Gasteiger partial charge in [-0.25, -0.2) is 0 Å². The van der Waals surface area contributed by atoms with Crippen molar-refractivity contribution in [3.63, 3.8) is 0 Å². The van der Waals surface area contributed by atoms with Crippen LogP contribution in [0.4, 0.5) is 0 Å². The molecule has 0 aromatic rings. The molecule has 0 heterocycles. The van der Waals surface area contributed by atoms with E-state index in [-0.39, 0.29) is 27.3 Å². The third-order valence-electron chi connectivity index (χ3n) is 8.10. The molecule has 0 spiro atoms. The molecule has 0 unspecified atom stereocenters. The van der Waals surface area contributed by atoms with Gasteiger partial charge in [-0.1, -0.05) is 37.3 Å². The standard InChI is InChI=1S/C21H30O3S/c1-12(22)25-18-11-17-15-5-4-13-10-14(23)6-8-20(13,2)16(15)7-9-21(17,3)19(18)24/h4,14-18,23H,5-11H2,1-3H3/t14-,15+,16-,17-,18+,20-,21-/m0/s1. The molecule has 138 valence electrons. The number of allylic oxidation sites excluding steroid dienone is 1. The molecule has 7 atom stereocenters. The Hall–Kier alpha value is -0.610. The van der Waals surface area contributed by atoms with Crippen molar-refractivity contribution >= 4 is 22.7 Å². The number of hydrogen-bond donors (Lipinski definition) is 1. The highest BCUT2D eigenvalue weighted by atomic mass is 32.2. The third kappa shape index (κ3) is 2.58. The van der Waals surface area contributed by atoms with Crippen LogP contribution in [0.3, 0.4) is 0 Å². The Morgan fingerprint density at radius 1 is 1.20 bits per heavy atom. The summed E-state index contributed by atoms with van der Waals surface area (Å²) < 4.78 is 0. The minimum Gasteiger partial charge on any atom is -0.393 e. The van der Waals surface area contributed by atoms with E-state index >= 15 is 0 Å². The molecule has 0 saturated heterocycles. The normalized spacial score (nSPS) is 49.0. The fourth-order valence-electron chi connectivity index (χ4n) is 6.71. The maximum absolute atomic E-state index is 13.1. The van der Waals surface area contributed by atoms with Crippen LogP contribution >= 0.6 is 11.8 Å². The summed E-state index contributed by atoms with van der Waals surface area (Å²) in [6, 6.07) is 0. The van der Waals surface area contributed by atoms with E-state index in [1.54, 1.807) is 6.92 Å². The Balaban J connectivity index is 1.64. The van der Waals surface area contributed by atoms with Crippen LogP contribution < -0.4 is 0 Å². The molecule has 4 aliphatic rings. The fraction of sp³-hybridized carbons (Fsp3) is 0.810. The molecule has 0 aromatic carbocycles. The Kier molecular flexibility index (Phi) is 4.23. The Morgan fingerprint density at radius 3 is 2.64 bits per heavy atom. The van der Waals surface area contributed by atoms with E-state index in [0.29, 0.717) is 23.5 Å². The topological polar surface area (TPSA) is 54.4 Å². The minimum absolute atomic E-state index is 0.0659. The molecule has 0 radical (unpaired) electrons. The summed E-state index contributed by atoms with van der Waals surface area (Å²) >= 11 is 1.26. The fourth-order valence-corrected chi connectivity index (χ4v) is 7.79. The monoisotopic (exact) mass is 362 g/mol. The summed E-state index contributed by atoms with van der Waals surface area (Å²) in [5, 5.41) is 10.0. The van der Waals surface area contributed by atoms with Crippen molar-refractivity contribution in [2.75, 3.05) is 0 Å². The van der Waals surface area contributed by atoms with Crippen molar-refractivity contribution in [3.05, 3.63) is 11.6 Å². The van der Waals surface area contributed by atoms with E-state index in [4.69, 9.17) is 0 Å². The van der Waals surface area contributed by atoms with Crippen LogP contribution in [0.5, 0.6) is 0 Å². The van der Waals surface area contributed by atoms with Gasteiger partial charge < -0.3 is 5.11 Å². The van der Waals surface area contributed by atoms with E-state index in [9.17, 15) is 14.7 Å². The van der Waals surface area contributed by atoms with Gasteiger partial charge in [0.25, 0.3) is 0 Å². The molecule has 4 rings (SSSR count). The number of hydrogen-bond acceptors (Lipinski definition) is 4. The van der Waals surface area contributed by atoms with Crippen molar-refractivity contribution in [3.8, 4) is 0 Å². The molecule has 25 heavy (non-hydrogen) atoms. The van der Waals surface area contributed by atoms with E-state index < -0.39 is 0 Å². The summed E-state index contributed by atoms with van der Waals surface area (Å²) in [6.45, 7) is 6.15. The van der Waals surface area contributed by atoms with Crippen LogP contribution in [0.25, 0.3) is 0 Å². The lowest BCUT2D eigenvalue weighted by atomic mass is 9.48. The van der Waals surface area contributed by atoms with Crippen LogP contribution in [0.1, 0.15) is 65.7 Å². The van der Waals surface area contributed by atoms with E-state index in [1.165, 1.54) is 17.3 Å². The largest absolute Gasteiger partial charge is 0.393 e. The molecule has 4 heteroatoms. The number of thioether (sulfide) groups is 1. The van der Waals surface area contributed by atoms with Crippen molar-refractivity contribution in [1.82, 2.24) is 0 Å². The highest BCUT2D eigenvalue weighted by Crippen LogP contribution is 2.64. The highest BCUT2D eigenvalue weighted by molar-refractivity contribution is 8.14. The molecule has 4 aliphatic carbocycles. The minimum atomic E-state index is -0.232. The smallest absolute Gasteiger partial charge is 0.186 e. The van der Waals surface area contributed by atoms with Crippen molar-refractivity contribution in [1.29, 1.82) is 0 Å². The molecule has 0 bridgehead atoms. The average molecular weight is 363 g/mol. The Bertz CT molecular complexity index is 641. The summed E-state index contributed by atoms with van der Waals surface area (Å²) in [4.78, 5) is 24.6. The number of rotatable bonds is 1. The van der Waals surface area contributed by atoms with Gasteiger partial charge in [-0.05, 0) is 68.1 Å². The first-order valence-corrected chi connectivity index (χ1v) is 10.7. The van der Waals surface area contributed by atoms with Gasteiger partial charge in [0.1, 0.15) is 0 Å². The molecule has 3 saturated carbocycles. The summed E-state index contributed by atoms with van der Waals surface area (Å²) in [5.41, 5.74) is 1.44. The van der Waals surface area contributed by atoms with Gasteiger partial charge >= 0.3 is 0 Å². The summed E-state index contributed by atoms with van der Waals surface area (Å²) in [6.07, 6.45) is 9.05. The molecule has 0 amide bonds. The van der Waals surface area contributed by atoms with Gasteiger partial charge in [-0.15, -0.1) is 0 Å². The number of fused-ring (bicyclic) bond motifs is 5. The predicted molar refractivity (Wildman–Crippen MR) is 100 cm³/mol. The Morgan fingerprint density at radius 2 is 1.92 bits per heavy atom. The van der Waals surface area contributed by atoms with Crippen molar-refractivity contribution in [2.45, 2.75) is 77.1 Å². The molecular formula is C21H30O3S. The number of aliphatic hydroxyl groups excluding tert-OH is 1. The number of aliphatic hydroxyl groups is 1. The van der Waals surface area contributed by atoms with Crippen LogP contribution in [0.2, 0.25) is 0 Å². The van der Waals surface area contributed by atoms with Gasteiger partial charge in [0.05, 0.1) is 11.4 Å². The lowest BCUT2D eigenvalue weighted by Gasteiger charge is -2.56. The molecule has 3 fully saturated rings. The molecule has 0 aromatic heterocycles. The molecule has 0 aliphatic heterocycles. The highest BCUT2D eigenvalue weighted by Gasteiger charge is 2.61. The second-order valence-corrected chi connectivity index (χ2v) is 10.7. The third-order valence-corrected chi connectivity index (χ3v) is 9.12. The zero-order chi connectivity index (χ0) is 18.0. The lowest BCUT2D eigenvalue weighted by Crippen LogP contribution is -2.50. The first-order valence-electron chi connectivity index (χ1n) is 9.85. The van der Waals surface area contributed by atoms with Crippen molar-refractivity contribution < 1.29 is 14.7 Å². The zero-order valence-electron chi connectivity index (χ0n) is 15.6. The van der Waals surface area contributed by atoms with Gasteiger partial charge in [0, 0.05) is 12.3 Å². The van der Waals surface area contributed by atoms with Gasteiger partial charge in [-0.3, -0.25) is 9.59 Å². The van der Waals surface area contributed by atoms with Crippen LogP contribution in [0, 0.1) is 28.6 Å². The first-order chi connectivity index (χ1) is 11.8. The second kappa shape index (κ2) is 5.95. The van der Waals surface area contributed by atoms with Gasteiger partial charge in [0.2, 0.25) is 0 Å². The summed E-state index contributed by atoms with van der Waals surface area (Å²) in [5.74, 6) is 1.93. The number of carbonyl (C=O) groups excluding carboxylic acids is 2. The number of ketones is 1. The maximum Gasteiger partial charge on any atom is 0.186 e. The van der Waals surface area contributed by atoms with Crippen LogP contribution in [0.15, 0.2) is 11.6 Å².